The van der Waals surface area contributed by atoms with Gasteiger partial charge in [0.2, 0.25) is 5.75 Å². The van der Waals surface area contributed by atoms with Crippen molar-refractivity contribution < 1.29 is 19.0 Å². The lowest BCUT2D eigenvalue weighted by Gasteiger charge is -2.37. The van der Waals surface area contributed by atoms with Crippen LogP contribution < -0.4 is 19.5 Å². The van der Waals surface area contributed by atoms with Gasteiger partial charge in [-0.3, -0.25) is 4.79 Å². The summed E-state index contributed by atoms with van der Waals surface area (Å²) in [4.78, 5) is 14.7. The molecule has 2 rings (SSSR count). The van der Waals surface area contributed by atoms with E-state index >= 15 is 0 Å². The number of hydrogen-bond donors (Lipinski definition) is 1. The molecule has 0 radical (unpaired) electrons. The molecule has 0 saturated carbocycles. The molecule has 1 heterocycles. The van der Waals surface area contributed by atoms with E-state index in [0.717, 1.165) is 6.54 Å². The highest BCUT2D eigenvalue weighted by Crippen LogP contribution is 2.38. The van der Waals surface area contributed by atoms with E-state index in [1.165, 1.54) is 0 Å². The number of nitrogens with one attached hydrogen (secondary N) is 1. The van der Waals surface area contributed by atoms with Gasteiger partial charge in [-0.15, -0.1) is 0 Å². The second kappa shape index (κ2) is 6.87. The summed E-state index contributed by atoms with van der Waals surface area (Å²) in [6.45, 7) is 5.57. The molecular formula is C16H24N2O4. The lowest BCUT2D eigenvalue weighted by molar-refractivity contribution is 0.0615. The van der Waals surface area contributed by atoms with Crippen LogP contribution in [-0.4, -0.2) is 57.3 Å². The molecule has 1 amide bonds. The van der Waals surface area contributed by atoms with Gasteiger partial charge in [0.25, 0.3) is 5.91 Å². The van der Waals surface area contributed by atoms with Gasteiger partial charge in [0.15, 0.2) is 11.5 Å². The predicted molar refractivity (Wildman–Crippen MR) is 84.1 cm³/mol. The van der Waals surface area contributed by atoms with Gasteiger partial charge >= 0.3 is 0 Å². The Labute approximate surface area is 131 Å². The molecule has 1 aromatic carbocycles. The number of carbonyl (C=O) groups excluding carboxylic acids is 1. The molecular weight excluding hydrogens is 284 g/mol. The summed E-state index contributed by atoms with van der Waals surface area (Å²) in [6, 6.07) is 3.82. The average molecular weight is 308 g/mol. The molecule has 0 aromatic heterocycles. The van der Waals surface area contributed by atoms with Gasteiger partial charge in [0, 0.05) is 30.7 Å². The van der Waals surface area contributed by atoms with Gasteiger partial charge in [-0.1, -0.05) is 0 Å². The SMILES string of the molecule is COc1cc(C(=O)N2CC(C)NCC2C)cc(OC)c1OC. The number of hydrogen-bond acceptors (Lipinski definition) is 5. The van der Waals surface area contributed by atoms with E-state index in [1.54, 1.807) is 33.5 Å². The third-order valence-electron chi connectivity index (χ3n) is 3.94. The van der Waals surface area contributed by atoms with Crippen molar-refractivity contribution in [1.82, 2.24) is 10.2 Å². The Morgan fingerprint density at radius 3 is 2.23 bits per heavy atom. The van der Waals surface area contributed by atoms with Crippen LogP contribution in [0.1, 0.15) is 24.2 Å². The molecule has 0 aliphatic carbocycles. The van der Waals surface area contributed by atoms with Crippen molar-refractivity contribution in [3.05, 3.63) is 17.7 Å². The summed E-state index contributed by atoms with van der Waals surface area (Å²) in [5.74, 6) is 1.44. The topological polar surface area (TPSA) is 60.0 Å². The summed E-state index contributed by atoms with van der Waals surface area (Å²) >= 11 is 0. The molecule has 6 heteroatoms. The molecule has 1 N–H and O–H groups in total. The molecule has 1 fully saturated rings. The summed E-state index contributed by atoms with van der Waals surface area (Å²) in [5.41, 5.74) is 0.537. The van der Waals surface area contributed by atoms with Crippen molar-refractivity contribution in [2.24, 2.45) is 0 Å². The largest absolute Gasteiger partial charge is 0.493 e. The molecule has 6 nitrogen and oxygen atoms in total. The first-order valence-corrected chi connectivity index (χ1v) is 7.36. The van der Waals surface area contributed by atoms with Crippen LogP contribution in [0.25, 0.3) is 0 Å². The van der Waals surface area contributed by atoms with E-state index in [1.807, 2.05) is 11.8 Å². The van der Waals surface area contributed by atoms with Crippen LogP contribution >= 0.6 is 0 Å². The first kappa shape index (κ1) is 16.4. The molecule has 2 atom stereocenters. The van der Waals surface area contributed by atoms with E-state index in [2.05, 4.69) is 12.2 Å². The molecule has 0 spiro atoms. The number of methoxy groups -OCH3 is 3. The molecule has 122 valence electrons. The molecule has 2 unspecified atom stereocenters. The third kappa shape index (κ3) is 3.11. The minimum absolute atomic E-state index is 0.0277. The van der Waals surface area contributed by atoms with Crippen molar-refractivity contribution in [1.29, 1.82) is 0 Å². The second-order valence-corrected chi connectivity index (χ2v) is 5.53. The van der Waals surface area contributed by atoms with E-state index in [-0.39, 0.29) is 18.0 Å². The minimum atomic E-state index is -0.0277. The Balaban J connectivity index is 2.36. The zero-order chi connectivity index (χ0) is 16.3. The molecule has 22 heavy (non-hydrogen) atoms. The lowest BCUT2D eigenvalue weighted by Crippen LogP contribution is -2.56. The normalized spacial score (nSPS) is 21.4. The zero-order valence-electron chi connectivity index (χ0n) is 13.8. The van der Waals surface area contributed by atoms with Crippen molar-refractivity contribution >= 4 is 5.91 Å². The number of rotatable bonds is 4. The first-order chi connectivity index (χ1) is 10.5. The third-order valence-corrected chi connectivity index (χ3v) is 3.94. The van der Waals surface area contributed by atoms with Gasteiger partial charge in [-0.05, 0) is 26.0 Å². The van der Waals surface area contributed by atoms with Crippen LogP contribution in [0.4, 0.5) is 0 Å². The summed E-state index contributed by atoms with van der Waals surface area (Å²) in [5, 5.41) is 3.37. The standard InChI is InChI=1S/C16H24N2O4/c1-10-9-18(11(2)8-17-10)16(19)12-6-13(20-3)15(22-5)14(7-12)21-4/h6-7,10-11,17H,8-9H2,1-5H3. The molecule has 1 aliphatic heterocycles. The zero-order valence-corrected chi connectivity index (χ0v) is 13.8. The number of nitrogens with zero attached hydrogens (tertiary/aromatic N) is 1. The molecule has 1 aromatic rings. The summed E-state index contributed by atoms with van der Waals surface area (Å²) in [6.07, 6.45) is 0. The van der Waals surface area contributed by atoms with Crippen molar-refractivity contribution in [2.45, 2.75) is 25.9 Å². The smallest absolute Gasteiger partial charge is 0.254 e. The highest BCUT2D eigenvalue weighted by molar-refractivity contribution is 5.96. The van der Waals surface area contributed by atoms with Gasteiger partial charge < -0.3 is 24.4 Å². The second-order valence-electron chi connectivity index (χ2n) is 5.53. The summed E-state index contributed by atoms with van der Waals surface area (Å²) < 4.78 is 15.9. The van der Waals surface area contributed by atoms with E-state index in [4.69, 9.17) is 14.2 Å². The Morgan fingerprint density at radius 2 is 1.73 bits per heavy atom. The summed E-state index contributed by atoms with van der Waals surface area (Å²) in [7, 11) is 4.63. The van der Waals surface area contributed by atoms with Crippen LogP contribution in [0.3, 0.4) is 0 Å². The maximum absolute atomic E-state index is 12.8. The Kier molecular flexibility index (Phi) is 5.13. The number of ether oxygens (including phenoxy) is 3. The monoisotopic (exact) mass is 308 g/mol. The minimum Gasteiger partial charge on any atom is -0.493 e. The molecule has 0 bridgehead atoms. The van der Waals surface area contributed by atoms with Crippen molar-refractivity contribution in [3.63, 3.8) is 0 Å². The van der Waals surface area contributed by atoms with Gasteiger partial charge in [0.1, 0.15) is 0 Å². The average Bonchev–Trinajstić information content (AvgIpc) is 2.54. The number of benzene rings is 1. The van der Waals surface area contributed by atoms with Crippen LogP contribution in [-0.2, 0) is 0 Å². The van der Waals surface area contributed by atoms with E-state index < -0.39 is 0 Å². The fourth-order valence-corrected chi connectivity index (χ4v) is 2.67. The Morgan fingerprint density at radius 1 is 1.14 bits per heavy atom. The Hall–Kier alpha value is -1.95. The highest BCUT2D eigenvalue weighted by atomic mass is 16.5. The van der Waals surface area contributed by atoms with Crippen LogP contribution in [0, 0.1) is 0 Å². The van der Waals surface area contributed by atoms with Crippen LogP contribution in [0.15, 0.2) is 12.1 Å². The highest BCUT2D eigenvalue weighted by Gasteiger charge is 2.28. The van der Waals surface area contributed by atoms with Crippen molar-refractivity contribution in [3.8, 4) is 17.2 Å². The maximum Gasteiger partial charge on any atom is 0.254 e. The van der Waals surface area contributed by atoms with E-state index in [0.29, 0.717) is 29.4 Å². The fraction of sp³-hybridized carbons (Fsp3) is 0.562. The van der Waals surface area contributed by atoms with Crippen LogP contribution in [0.2, 0.25) is 0 Å². The van der Waals surface area contributed by atoms with Gasteiger partial charge in [-0.2, -0.15) is 0 Å². The van der Waals surface area contributed by atoms with Crippen molar-refractivity contribution in [2.75, 3.05) is 34.4 Å². The van der Waals surface area contributed by atoms with Gasteiger partial charge in [-0.25, -0.2) is 0 Å². The first-order valence-electron chi connectivity index (χ1n) is 7.36. The predicted octanol–water partition coefficient (Wildman–Crippen LogP) is 1.53. The number of carbonyl (C=O) groups is 1. The fourth-order valence-electron chi connectivity index (χ4n) is 2.67. The lowest BCUT2D eigenvalue weighted by atomic mass is 10.1. The number of piperazine rings is 1. The molecule has 1 saturated heterocycles. The van der Waals surface area contributed by atoms with E-state index in [9.17, 15) is 4.79 Å². The van der Waals surface area contributed by atoms with Crippen LogP contribution in [0.5, 0.6) is 17.2 Å². The maximum atomic E-state index is 12.8. The molecule has 1 aliphatic rings. The Bertz CT molecular complexity index is 522. The number of amides is 1. The quantitative estimate of drug-likeness (QED) is 0.914. The van der Waals surface area contributed by atoms with Gasteiger partial charge in [0.05, 0.1) is 21.3 Å².